The predicted octanol–water partition coefficient (Wildman–Crippen LogP) is 1.39. The molecule has 0 aromatic heterocycles. The van der Waals surface area contributed by atoms with Gasteiger partial charge in [-0.1, -0.05) is 29.8 Å². The molecular formula is C14H22N2O4S. The maximum atomic E-state index is 12.1. The van der Waals surface area contributed by atoms with Crippen LogP contribution in [-0.2, 0) is 19.7 Å². The van der Waals surface area contributed by atoms with Crippen molar-refractivity contribution in [2.24, 2.45) is 0 Å². The fourth-order valence-corrected chi connectivity index (χ4v) is 2.80. The average Bonchev–Trinajstić information content (AvgIpc) is 2.44. The van der Waals surface area contributed by atoms with Crippen LogP contribution in [0.1, 0.15) is 30.5 Å². The van der Waals surface area contributed by atoms with E-state index < -0.39 is 16.2 Å². The number of rotatable bonds is 7. The molecule has 118 valence electrons. The van der Waals surface area contributed by atoms with Gasteiger partial charge in [-0.05, 0) is 19.4 Å². The van der Waals surface area contributed by atoms with Crippen molar-refractivity contribution in [1.82, 2.24) is 9.03 Å². The number of hydrogen-bond donors (Lipinski definition) is 1. The van der Waals surface area contributed by atoms with Crippen LogP contribution in [0, 0.1) is 6.92 Å². The van der Waals surface area contributed by atoms with Gasteiger partial charge in [-0.2, -0.15) is 17.4 Å². The first-order chi connectivity index (χ1) is 9.76. The summed E-state index contributed by atoms with van der Waals surface area (Å²) in [6.45, 7) is 3.82. The highest BCUT2D eigenvalue weighted by atomic mass is 32.2. The highest BCUT2D eigenvalue weighted by molar-refractivity contribution is 7.87. The molecule has 1 aromatic rings. The predicted molar refractivity (Wildman–Crippen MR) is 80.9 cm³/mol. The SMILES string of the molecule is COC(=O)CCN(C)S(=O)(=O)N[C@@H](C)c1ccc(C)cc1. The van der Waals surface area contributed by atoms with E-state index >= 15 is 0 Å². The van der Waals surface area contributed by atoms with Gasteiger partial charge < -0.3 is 4.74 Å². The number of nitrogens with one attached hydrogen (secondary N) is 1. The third kappa shape index (κ3) is 5.45. The summed E-state index contributed by atoms with van der Waals surface area (Å²) in [4.78, 5) is 11.1. The van der Waals surface area contributed by atoms with Crippen molar-refractivity contribution in [1.29, 1.82) is 0 Å². The third-order valence-corrected chi connectivity index (χ3v) is 4.83. The molecule has 0 unspecified atom stereocenters. The van der Waals surface area contributed by atoms with Gasteiger partial charge >= 0.3 is 5.97 Å². The van der Waals surface area contributed by atoms with Crippen LogP contribution in [0.4, 0.5) is 0 Å². The van der Waals surface area contributed by atoms with Crippen molar-refractivity contribution in [2.75, 3.05) is 20.7 Å². The van der Waals surface area contributed by atoms with E-state index in [1.165, 1.54) is 14.2 Å². The molecule has 0 saturated heterocycles. The van der Waals surface area contributed by atoms with Crippen LogP contribution in [0.3, 0.4) is 0 Å². The first-order valence-corrected chi connectivity index (χ1v) is 8.07. The van der Waals surface area contributed by atoms with Gasteiger partial charge in [0, 0.05) is 19.6 Å². The van der Waals surface area contributed by atoms with Crippen LogP contribution in [-0.4, -0.2) is 39.4 Å². The number of carbonyl (C=O) groups is 1. The minimum absolute atomic E-state index is 0.0207. The Morgan fingerprint density at radius 2 is 1.90 bits per heavy atom. The van der Waals surface area contributed by atoms with E-state index in [4.69, 9.17) is 0 Å². The largest absolute Gasteiger partial charge is 0.469 e. The van der Waals surface area contributed by atoms with Gasteiger partial charge in [0.2, 0.25) is 0 Å². The number of methoxy groups -OCH3 is 1. The Kier molecular flexibility index (Phi) is 6.32. The monoisotopic (exact) mass is 314 g/mol. The number of hydrogen-bond acceptors (Lipinski definition) is 4. The summed E-state index contributed by atoms with van der Waals surface area (Å²) in [5.41, 5.74) is 1.99. The number of benzene rings is 1. The summed E-state index contributed by atoms with van der Waals surface area (Å²) < 4.78 is 32.5. The zero-order valence-electron chi connectivity index (χ0n) is 12.8. The Labute approximate surface area is 126 Å². The number of aryl methyl sites for hydroxylation is 1. The Morgan fingerprint density at radius 1 is 1.33 bits per heavy atom. The standard InChI is InChI=1S/C14H22N2O4S/c1-11-5-7-13(8-6-11)12(2)15-21(18,19)16(3)10-9-14(17)20-4/h5-8,12,15H,9-10H2,1-4H3/t12-/m0/s1. The molecule has 1 atom stereocenters. The molecule has 0 bridgehead atoms. The zero-order chi connectivity index (χ0) is 16.0. The van der Waals surface area contributed by atoms with Crippen molar-refractivity contribution < 1.29 is 17.9 Å². The summed E-state index contributed by atoms with van der Waals surface area (Å²) in [5, 5.41) is 0. The van der Waals surface area contributed by atoms with E-state index in [9.17, 15) is 13.2 Å². The van der Waals surface area contributed by atoms with E-state index in [1.54, 1.807) is 6.92 Å². The van der Waals surface area contributed by atoms with Gasteiger partial charge in [0.1, 0.15) is 0 Å². The Bertz CT molecular complexity index is 569. The van der Waals surface area contributed by atoms with Crippen LogP contribution >= 0.6 is 0 Å². The summed E-state index contributed by atoms with van der Waals surface area (Å²) in [6.07, 6.45) is 0.0207. The topological polar surface area (TPSA) is 75.7 Å². The van der Waals surface area contributed by atoms with Crippen LogP contribution in [0.2, 0.25) is 0 Å². The molecule has 0 aliphatic heterocycles. The van der Waals surface area contributed by atoms with E-state index in [-0.39, 0.29) is 19.0 Å². The lowest BCUT2D eigenvalue weighted by Crippen LogP contribution is -2.40. The molecule has 0 spiro atoms. The molecule has 7 heteroatoms. The van der Waals surface area contributed by atoms with Crippen molar-refractivity contribution >= 4 is 16.2 Å². The van der Waals surface area contributed by atoms with Gasteiger partial charge in [0.25, 0.3) is 10.2 Å². The molecule has 0 radical (unpaired) electrons. The maximum absolute atomic E-state index is 12.1. The van der Waals surface area contributed by atoms with E-state index in [0.29, 0.717) is 0 Å². The first-order valence-electron chi connectivity index (χ1n) is 6.63. The highest BCUT2D eigenvalue weighted by Gasteiger charge is 2.21. The fourth-order valence-electron chi connectivity index (χ4n) is 1.71. The molecule has 21 heavy (non-hydrogen) atoms. The van der Waals surface area contributed by atoms with E-state index in [1.807, 2.05) is 31.2 Å². The van der Waals surface area contributed by atoms with Crippen LogP contribution in [0.5, 0.6) is 0 Å². The molecule has 1 aromatic carbocycles. The highest BCUT2D eigenvalue weighted by Crippen LogP contribution is 2.15. The minimum Gasteiger partial charge on any atom is -0.469 e. The molecule has 1 N–H and O–H groups in total. The Morgan fingerprint density at radius 3 is 2.43 bits per heavy atom. The van der Waals surface area contributed by atoms with Crippen molar-refractivity contribution in [3.63, 3.8) is 0 Å². The first kappa shape index (κ1) is 17.6. The van der Waals surface area contributed by atoms with E-state index in [2.05, 4.69) is 9.46 Å². The molecule has 0 saturated carbocycles. The smallest absolute Gasteiger partial charge is 0.306 e. The maximum Gasteiger partial charge on any atom is 0.306 e. The van der Waals surface area contributed by atoms with Crippen molar-refractivity contribution in [3.05, 3.63) is 35.4 Å². The lowest BCUT2D eigenvalue weighted by Gasteiger charge is -2.21. The fraction of sp³-hybridized carbons (Fsp3) is 0.500. The van der Waals surface area contributed by atoms with Gasteiger partial charge in [-0.3, -0.25) is 4.79 Å². The normalized spacial score (nSPS) is 13.2. The third-order valence-electron chi connectivity index (χ3n) is 3.17. The van der Waals surface area contributed by atoms with Gasteiger partial charge in [0.15, 0.2) is 0 Å². The lowest BCUT2D eigenvalue weighted by molar-refractivity contribution is -0.140. The number of esters is 1. The van der Waals surface area contributed by atoms with Crippen molar-refractivity contribution in [2.45, 2.75) is 26.3 Å². The number of nitrogens with zero attached hydrogens (tertiary/aromatic N) is 1. The lowest BCUT2D eigenvalue weighted by atomic mass is 10.1. The molecule has 0 aliphatic rings. The quantitative estimate of drug-likeness (QED) is 0.772. The molecule has 0 aliphatic carbocycles. The van der Waals surface area contributed by atoms with Gasteiger partial charge in [-0.25, -0.2) is 0 Å². The van der Waals surface area contributed by atoms with Gasteiger partial charge in [-0.15, -0.1) is 0 Å². The minimum atomic E-state index is -3.65. The van der Waals surface area contributed by atoms with Crippen LogP contribution < -0.4 is 4.72 Å². The summed E-state index contributed by atoms with van der Waals surface area (Å²) >= 11 is 0. The molecule has 0 amide bonds. The molecule has 1 rings (SSSR count). The summed E-state index contributed by atoms with van der Waals surface area (Å²) in [7, 11) is -0.950. The average molecular weight is 314 g/mol. The second kappa shape index (κ2) is 7.53. The second-order valence-corrected chi connectivity index (χ2v) is 6.71. The van der Waals surface area contributed by atoms with Crippen molar-refractivity contribution in [3.8, 4) is 0 Å². The summed E-state index contributed by atoms with van der Waals surface area (Å²) in [6, 6.07) is 7.28. The molecular weight excluding hydrogens is 292 g/mol. The number of ether oxygens (including phenoxy) is 1. The Hall–Kier alpha value is -1.44. The van der Waals surface area contributed by atoms with E-state index in [0.717, 1.165) is 15.4 Å². The zero-order valence-corrected chi connectivity index (χ0v) is 13.6. The summed E-state index contributed by atoms with van der Waals surface area (Å²) in [5.74, 6) is -0.441. The van der Waals surface area contributed by atoms with Crippen LogP contribution in [0.15, 0.2) is 24.3 Å². The number of carbonyl (C=O) groups excluding carboxylic acids is 1. The van der Waals surface area contributed by atoms with Gasteiger partial charge in [0.05, 0.1) is 13.5 Å². The molecule has 0 fully saturated rings. The Balaban J connectivity index is 2.66. The molecule has 6 nitrogen and oxygen atoms in total. The van der Waals surface area contributed by atoms with Crippen LogP contribution in [0.25, 0.3) is 0 Å². The second-order valence-electron chi connectivity index (χ2n) is 4.90. The molecule has 0 heterocycles.